The van der Waals surface area contributed by atoms with Crippen LogP contribution in [0.3, 0.4) is 0 Å². The van der Waals surface area contributed by atoms with Crippen molar-refractivity contribution in [2.75, 3.05) is 0 Å². The number of Topliss-reactive ketones (excluding diaryl/α,β-unsaturated/α-hetero) is 3. The Labute approximate surface area is 176 Å². The molecule has 3 unspecified atom stereocenters. The first-order valence-electron chi connectivity index (χ1n) is 10.5. The molecule has 1 N–H and O–H groups in total. The van der Waals surface area contributed by atoms with Gasteiger partial charge in [0.1, 0.15) is 11.7 Å². The van der Waals surface area contributed by atoms with Crippen LogP contribution in [0, 0.1) is 23.2 Å². The molecule has 29 heavy (non-hydrogen) atoms. The van der Waals surface area contributed by atoms with Gasteiger partial charge in [-0.1, -0.05) is 48.8 Å². The molecule has 0 heterocycles. The van der Waals surface area contributed by atoms with Crippen molar-refractivity contribution in [3.63, 3.8) is 0 Å². The van der Waals surface area contributed by atoms with E-state index in [9.17, 15) is 19.5 Å². The fourth-order valence-electron chi connectivity index (χ4n) is 3.84. The standard InChI is InChI=1S/C25H38O4/c1-15(2)9-10-19-22(27)20(21(26)18(7)8)24(29)25(23(19)28,13-11-16(3)4)14-12-17(5)6/h9,11-12,18-20,24,29H,10,13-14H2,1-8H3. The van der Waals surface area contributed by atoms with Crippen molar-refractivity contribution in [1.29, 1.82) is 0 Å². The number of allylic oxidation sites excluding steroid dienone is 6. The number of carbonyl (C=O) groups excluding carboxylic acids is 3. The Morgan fingerprint density at radius 3 is 1.76 bits per heavy atom. The quantitative estimate of drug-likeness (QED) is 0.457. The maximum absolute atomic E-state index is 13.7. The number of carbonyl (C=O) groups is 3. The molecule has 0 aromatic rings. The molecule has 0 saturated heterocycles. The summed E-state index contributed by atoms with van der Waals surface area (Å²) in [5.74, 6) is -3.38. The highest BCUT2D eigenvalue weighted by atomic mass is 16.3. The minimum Gasteiger partial charge on any atom is -0.391 e. The maximum Gasteiger partial charge on any atom is 0.156 e. The van der Waals surface area contributed by atoms with Gasteiger partial charge in [0.25, 0.3) is 0 Å². The molecule has 0 aromatic heterocycles. The highest BCUT2D eigenvalue weighted by Gasteiger charge is 2.59. The lowest BCUT2D eigenvalue weighted by Gasteiger charge is -2.45. The van der Waals surface area contributed by atoms with Gasteiger partial charge in [0.2, 0.25) is 0 Å². The molecule has 0 spiro atoms. The van der Waals surface area contributed by atoms with E-state index in [0.29, 0.717) is 12.8 Å². The van der Waals surface area contributed by atoms with Gasteiger partial charge in [0, 0.05) is 5.92 Å². The van der Waals surface area contributed by atoms with E-state index in [-0.39, 0.29) is 23.9 Å². The maximum atomic E-state index is 13.7. The summed E-state index contributed by atoms with van der Waals surface area (Å²) in [6.45, 7) is 15.1. The molecule has 1 aliphatic rings. The Morgan fingerprint density at radius 2 is 1.38 bits per heavy atom. The lowest BCUT2D eigenvalue weighted by Crippen LogP contribution is -2.60. The molecular formula is C25H38O4. The molecule has 1 fully saturated rings. The summed E-state index contributed by atoms with van der Waals surface area (Å²) in [7, 11) is 0. The summed E-state index contributed by atoms with van der Waals surface area (Å²) in [6, 6.07) is 0. The number of aliphatic hydroxyl groups excluding tert-OH is 1. The first-order chi connectivity index (χ1) is 13.3. The highest BCUT2D eigenvalue weighted by Crippen LogP contribution is 2.46. The van der Waals surface area contributed by atoms with Gasteiger partial charge in [-0.05, 0) is 60.8 Å². The van der Waals surface area contributed by atoms with Crippen LogP contribution in [0.2, 0.25) is 0 Å². The summed E-state index contributed by atoms with van der Waals surface area (Å²) >= 11 is 0. The average Bonchev–Trinajstić information content (AvgIpc) is 2.60. The van der Waals surface area contributed by atoms with Crippen LogP contribution in [0.5, 0.6) is 0 Å². The Hall–Kier alpha value is -1.81. The molecule has 0 radical (unpaired) electrons. The zero-order valence-corrected chi connectivity index (χ0v) is 19.3. The third-order valence-electron chi connectivity index (χ3n) is 5.73. The number of ketones is 3. The monoisotopic (exact) mass is 402 g/mol. The van der Waals surface area contributed by atoms with Crippen molar-refractivity contribution in [1.82, 2.24) is 0 Å². The molecule has 0 aliphatic heterocycles. The van der Waals surface area contributed by atoms with Crippen molar-refractivity contribution in [2.24, 2.45) is 23.2 Å². The fraction of sp³-hybridized carbons (Fsp3) is 0.640. The lowest BCUT2D eigenvalue weighted by molar-refractivity contribution is -0.164. The van der Waals surface area contributed by atoms with E-state index in [2.05, 4.69) is 0 Å². The van der Waals surface area contributed by atoms with Crippen LogP contribution in [0.15, 0.2) is 34.9 Å². The van der Waals surface area contributed by atoms with E-state index in [1.54, 1.807) is 13.8 Å². The predicted octanol–water partition coefficient (Wildman–Crippen LogP) is 5.01. The van der Waals surface area contributed by atoms with Crippen LogP contribution in [-0.4, -0.2) is 28.6 Å². The number of hydrogen-bond acceptors (Lipinski definition) is 4. The van der Waals surface area contributed by atoms with E-state index in [0.717, 1.165) is 16.7 Å². The normalized spacial score (nSPS) is 23.6. The molecule has 0 bridgehead atoms. The Kier molecular flexibility index (Phi) is 8.95. The van der Waals surface area contributed by atoms with Gasteiger partial charge in [-0.2, -0.15) is 0 Å². The topological polar surface area (TPSA) is 71.4 Å². The van der Waals surface area contributed by atoms with Gasteiger partial charge in [0.05, 0.1) is 17.4 Å². The molecule has 4 nitrogen and oxygen atoms in total. The highest BCUT2D eigenvalue weighted by molar-refractivity contribution is 6.16. The minimum absolute atomic E-state index is 0.240. The molecule has 1 saturated carbocycles. The fourth-order valence-corrected chi connectivity index (χ4v) is 3.84. The summed E-state index contributed by atoms with van der Waals surface area (Å²) in [6.07, 6.45) is 5.35. The minimum atomic E-state index is -1.31. The van der Waals surface area contributed by atoms with Crippen LogP contribution >= 0.6 is 0 Å². The van der Waals surface area contributed by atoms with Gasteiger partial charge in [0.15, 0.2) is 11.6 Å². The van der Waals surface area contributed by atoms with Gasteiger partial charge >= 0.3 is 0 Å². The van der Waals surface area contributed by atoms with Gasteiger partial charge in [-0.3, -0.25) is 14.4 Å². The zero-order valence-electron chi connectivity index (χ0n) is 19.3. The van der Waals surface area contributed by atoms with E-state index in [1.807, 2.05) is 59.8 Å². The lowest BCUT2D eigenvalue weighted by atomic mass is 9.57. The molecule has 0 amide bonds. The van der Waals surface area contributed by atoms with Crippen molar-refractivity contribution < 1.29 is 19.5 Å². The third kappa shape index (κ3) is 5.85. The summed E-state index contributed by atoms with van der Waals surface area (Å²) < 4.78 is 0. The molecule has 3 atom stereocenters. The SMILES string of the molecule is CC(C)=CCC1C(=O)C(C(=O)C(C)C)C(O)C(CC=C(C)C)(CC=C(C)C)C1=O. The Balaban J connectivity index is 3.65. The largest absolute Gasteiger partial charge is 0.391 e. The summed E-state index contributed by atoms with van der Waals surface area (Å²) in [5.41, 5.74) is 1.91. The third-order valence-corrected chi connectivity index (χ3v) is 5.73. The molecule has 162 valence electrons. The van der Waals surface area contributed by atoms with E-state index in [1.165, 1.54) is 0 Å². The smallest absolute Gasteiger partial charge is 0.156 e. The van der Waals surface area contributed by atoms with Crippen LogP contribution in [-0.2, 0) is 14.4 Å². The van der Waals surface area contributed by atoms with Crippen LogP contribution < -0.4 is 0 Å². The Bertz CT molecular complexity index is 704. The molecule has 4 heteroatoms. The predicted molar refractivity (Wildman–Crippen MR) is 117 cm³/mol. The second-order valence-electron chi connectivity index (χ2n) is 9.44. The first-order valence-corrected chi connectivity index (χ1v) is 10.5. The summed E-state index contributed by atoms with van der Waals surface area (Å²) in [5, 5.41) is 11.3. The average molecular weight is 403 g/mol. The number of rotatable bonds is 8. The number of aliphatic hydroxyl groups is 1. The van der Waals surface area contributed by atoms with E-state index >= 15 is 0 Å². The van der Waals surface area contributed by atoms with Crippen molar-refractivity contribution >= 4 is 17.3 Å². The molecule has 1 aliphatic carbocycles. The zero-order chi connectivity index (χ0) is 22.5. The summed E-state index contributed by atoms with van der Waals surface area (Å²) in [4.78, 5) is 39.8. The number of hydrogen-bond donors (Lipinski definition) is 1. The van der Waals surface area contributed by atoms with Crippen LogP contribution in [0.4, 0.5) is 0 Å². The second kappa shape index (κ2) is 10.3. The van der Waals surface area contributed by atoms with E-state index < -0.39 is 29.1 Å². The van der Waals surface area contributed by atoms with Crippen molar-refractivity contribution in [3.05, 3.63) is 34.9 Å². The van der Waals surface area contributed by atoms with Crippen LogP contribution in [0.1, 0.15) is 74.7 Å². The second-order valence-corrected chi connectivity index (χ2v) is 9.44. The van der Waals surface area contributed by atoms with Crippen molar-refractivity contribution in [3.8, 4) is 0 Å². The molecule has 1 rings (SSSR count). The van der Waals surface area contributed by atoms with E-state index in [4.69, 9.17) is 0 Å². The first kappa shape index (κ1) is 25.2. The Morgan fingerprint density at radius 1 is 0.931 bits per heavy atom. The molecule has 0 aromatic carbocycles. The van der Waals surface area contributed by atoms with Gasteiger partial charge < -0.3 is 5.11 Å². The molecular weight excluding hydrogens is 364 g/mol. The van der Waals surface area contributed by atoms with Crippen molar-refractivity contribution in [2.45, 2.75) is 80.8 Å². The van der Waals surface area contributed by atoms with Crippen LogP contribution in [0.25, 0.3) is 0 Å². The van der Waals surface area contributed by atoms with Gasteiger partial charge in [-0.15, -0.1) is 0 Å². The van der Waals surface area contributed by atoms with Gasteiger partial charge in [-0.25, -0.2) is 0 Å².